The second-order valence-corrected chi connectivity index (χ2v) is 8.46. The minimum Gasteiger partial charge on any atom is -0.481 e. The van der Waals surface area contributed by atoms with Gasteiger partial charge in [0.15, 0.2) is 4.34 Å². The molecule has 1 aliphatic carbocycles. The van der Waals surface area contributed by atoms with Crippen LogP contribution in [0.4, 0.5) is 5.69 Å². The summed E-state index contributed by atoms with van der Waals surface area (Å²) >= 11 is 3.31. The van der Waals surface area contributed by atoms with Crippen LogP contribution in [0.3, 0.4) is 0 Å². The minimum absolute atomic E-state index is 0.186. The van der Waals surface area contributed by atoms with Gasteiger partial charge in [0.1, 0.15) is 0 Å². The molecule has 1 saturated carbocycles. The fourth-order valence-electron chi connectivity index (χ4n) is 3.14. The molecule has 2 aromatic rings. The second kappa shape index (κ2) is 7.53. The number of thioether (sulfide) groups is 1. The number of aliphatic carboxylic acids is 1. The number of nitrogens with zero attached hydrogens (tertiary/aromatic N) is 1. The number of hydrogen-bond acceptors (Lipinski definition) is 5. The maximum atomic E-state index is 12.5. The monoisotopic (exact) mass is 364 g/mol. The van der Waals surface area contributed by atoms with Gasteiger partial charge in [-0.1, -0.05) is 31.5 Å². The Morgan fingerprint density at radius 2 is 2.08 bits per heavy atom. The lowest BCUT2D eigenvalue weighted by atomic mass is 9.78. The first-order valence-corrected chi connectivity index (χ1v) is 9.95. The van der Waals surface area contributed by atoms with Gasteiger partial charge in [-0.3, -0.25) is 9.59 Å². The van der Waals surface area contributed by atoms with Gasteiger partial charge in [0.2, 0.25) is 5.91 Å². The number of anilines is 1. The molecule has 1 aromatic heterocycles. The van der Waals surface area contributed by atoms with Crippen LogP contribution in [0.2, 0.25) is 0 Å². The topological polar surface area (TPSA) is 79.3 Å². The van der Waals surface area contributed by atoms with E-state index in [0.717, 1.165) is 33.2 Å². The molecule has 1 heterocycles. The molecule has 0 spiro atoms. The van der Waals surface area contributed by atoms with E-state index in [4.69, 9.17) is 0 Å². The molecule has 0 bridgehead atoms. The molecule has 1 aliphatic rings. The quantitative estimate of drug-likeness (QED) is 0.776. The van der Waals surface area contributed by atoms with E-state index < -0.39 is 17.8 Å². The molecule has 0 saturated heterocycles. The fraction of sp³-hybridized carbons (Fsp3) is 0.471. The zero-order valence-electron chi connectivity index (χ0n) is 13.4. The number of benzene rings is 1. The zero-order chi connectivity index (χ0) is 17.1. The highest BCUT2D eigenvalue weighted by Gasteiger charge is 2.35. The first kappa shape index (κ1) is 17.2. The van der Waals surface area contributed by atoms with E-state index in [9.17, 15) is 14.7 Å². The Bertz CT molecular complexity index is 759. The summed E-state index contributed by atoms with van der Waals surface area (Å²) in [6.07, 6.45) is 3.01. The van der Waals surface area contributed by atoms with Crippen LogP contribution in [-0.2, 0) is 9.59 Å². The lowest BCUT2D eigenvalue weighted by molar-refractivity contribution is -0.147. The summed E-state index contributed by atoms with van der Waals surface area (Å²) in [5.74, 6) is -1.09. The predicted octanol–water partition coefficient (Wildman–Crippen LogP) is 4.24. The molecule has 1 amide bonds. The van der Waals surface area contributed by atoms with Gasteiger partial charge in [-0.15, -0.1) is 11.3 Å². The van der Waals surface area contributed by atoms with Crippen LogP contribution in [0.15, 0.2) is 22.5 Å². The molecule has 2 atom stereocenters. The van der Waals surface area contributed by atoms with Crippen molar-refractivity contribution in [3.63, 3.8) is 0 Å². The SMILES string of the molecule is CCSc1nc2ccc(NC(=O)[C@H]3CCCC[C@@H]3C(=O)O)cc2s1. The minimum atomic E-state index is -0.867. The molecule has 1 aromatic carbocycles. The first-order chi connectivity index (χ1) is 11.6. The molecule has 5 nitrogen and oxygen atoms in total. The second-order valence-electron chi connectivity index (χ2n) is 5.92. The number of fused-ring (bicyclic) bond motifs is 1. The van der Waals surface area contributed by atoms with Crippen LogP contribution < -0.4 is 5.32 Å². The van der Waals surface area contributed by atoms with Crippen molar-refractivity contribution in [2.24, 2.45) is 11.8 Å². The average molecular weight is 364 g/mol. The molecular weight excluding hydrogens is 344 g/mol. The predicted molar refractivity (Wildman–Crippen MR) is 97.7 cm³/mol. The maximum absolute atomic E-state index is 12.5. The summed E-state index contributed by atoms with van der Waals surface area (Å²) in [5.41, 5.74) is 1.63. The number of amides is 1. The number of aromatic nitrogens is 1. The van der Waals surface area contributed by atoms with Crippen molar-refractivity contribution in [1.82, 2.24) is 4.98 Å². The number of rotatable bonds is 5. The van der Waals surface area contributed by atoms with Crippen LogP contribution in [-0.4, -0.2) is 27.7 Å². The van der Waals surface area contributed by atoms with E-state index >= 15 is 0 Å². The Kier molecular flexibility index (Phi) is 5.40. The standard InChI is InChI=1S/C17H20N2O3S2/c1-2-23-17-19-13-8-7-10(9-14(13)24-17)18-15(20)11-5-3-4-6-12(11)16(21)22/h7-9,11-12H,2-6H2,1H3,(H,18,20)(H,21,22)/t11-,12-/m0/s1. The normalized spacial score (nSPS) is 20.9. The number of carboxylic acids is 1. The molecule has 0 aliphatic heterocycles. The van der Waals surface area contributed by atoms with Crippen LogP contribution in [0.5, 0.6) is 0 Å². The van der Waals surface area contributed by atoms with E-state index in [2.05, 4.69) is 17.2 Å². The maximum Gasteiger partial charge on any atom is 0.307 e. The van der Waals surface area contributed by atoms with Gasteiger partial charge in [0.25, 0.3) is 0 Å². The van der Waals surface area contributed by atoms with E-state index in [1.165, 1.54) is 0 Å². The van der Waals surface area contributed by atoms with E-state index in [-0.39, 0.29) is 5.91 Å². The summed E-state index contributed by atoms with van der Waals surface area (Å²) in [6, 6.07) is 5.65. The van der Waals surface area contributed by atoms with Crippen LogP contribution in [0.25, 0.3) is 10.2 Å². The van der Waals surface area contributed by atoms with Crippen LogP contribution in [0, 0.1) is 11.8 Å². The van der Waals surface area contributed by atoms with E-state index in [1.807, 2.05) is 18.2 Å². The van der Waals surface area contributed by atoms with Crippen molar-refractivity contribution in [1.29, 1.82) is 0 Å². The molecule has 24 heavy (non-hydrogen) atoms. The van der Waals surface area contributed by atoms with Crippen molar-refractivity contribution in [3.05, 3.63) is 18.2 Å². The largest absolute Gasteiger partial charge is 0.481 e. The third-order valence-electron chi connectivity index (χ3n) is 4.32. The smallest absolute Gasteiger partial charge is 0.307 e. The van der Waals surface area contributed by atoms with Crippen molar-refractivity contribution < 1.29 is 14.7 Å². The summed E-state index contributed by atoms with van der Waals surface area (Å²) in [5, 5.41) is 12.2. The van der Waals surface area contributed by atoms with Crippen LogP contribution >= 0.6 is 23.1 Å². The molecular formula is C17H20N2O3S2. The lowest BCUT2D eigenvalue weighted by Gasteiger charge is -2.27. The molecule has 7 heteroatoms. The highest BCUT2D eigenvalue weighted by molar-refractivity contribution is 8.01. The first-order valence-electron chi connectivity index (χ1n) is 8.15. The lowest BCUT2D eigenvalue weighted by Crippen LogP contribution is -2.36. The van der Waals surface area contributed by atoms with Crippen molar-refractivity contribution in [2.75, 3.05) is 11.1 Å². The number of carboxylic acid groups (broad SMARTS) is 1. The molecule has 0 unspecified atom stereocenters. The Labute approximate surface area is 148 Å². The highest BCUT2D eigenvalue weighted by Crippen LogP contribution is 2.33. The summed E-state index contributed by atoms with van der Waals surface area (Å²) in [6.45, 7) is 2.09. The van der Waals surface area contributed by atoms with Crippen molar-refractivity contribution in [2.45, 2.75) is 36.9 Å². The Hall–Kier alpha value is -1.60. The molecule has 2 N–H and O–H groups in total. The number of hydrogen-bond donors (Lipinski definition) is 2. The average Bonchev–Trinajstić information content (AvgIpc) is 2.96. The third-order valence-corrected chi connectivity index (χ3v) is 6.37. The zero-order valence-corrected chi connectivity index (χ0v) is 15.1. The fourth-order valence-corrected chi connectivity index (χ4v) is 5.15. The molecule has 0 radical (unpaired) electrons. The van der Waals surface area contributed by atoms with Gasteiger partial charge in [-0.2, -0.15) is 0 Å². The Morgan fingerprint density at radius 3 is 2.79 bits per heavy atom. The van der Waals surface area contributed by atoms with Crippen LogP contribution in [0.1, 0.15) is 32.6 Å². The molecule has 128 valence electrons. The number of thiazole rings is 1. The van der Waals surface area contributed by atoms with Gasteiger partial charge in [0, 0.05) is 5.69 Å². The Balaban J connectivity index is 1.75. The third kappa shape index (κ3) is 3.72. The number of carbonyl (C=O) groups is 2. The summed E-state index contributed by atoms with van der Waals surface area (Å²) in [4.78, 5) is 28.4. The summed E-state index contributed by atoms with van der Waals surface area (Å²) in [7, 11) is 0. The van der Waals surface area contributed by atoms with Gasteiger partial charge in [-0.25, -0.2) is 4.98 Å². The van der Waals surface area contributed by atoms with E-state index in [0.29, 0.717) is 18.5 Å². The number of carbonyl (C=O) groups excluding carboxylic acids is 1. The Morgan fingerprint density at radius 1 is 1.33 bits per heavy atom. The van der Waals surface area contributed by atoms with Gasteiger partial charge >= 0.3 is 5.97 Å². The molecule has 3 rings (SSSR count). The van der Waals surface area contributed by atoms with Gasteiger partial charge in [-0.05, 0) is 36.8 Å². The van der Waals surface area contributed by atoms with Crippen molar-refractivity contribution in [3.8, 4) is 0 Å². The summed E-state index contributed by atoms with van der Waals surface area (Å²) < 4.78 is 2.05. The highest BCUT2D eigenvalue weighted by atomic mass is 32.2. The molecule has 1 fully saturated rings. The van der Waals surface area contributed by atoms with Gasteiger partial charge < -0.3 is 10.4 Å². The van der Waals surface area contributed by atoms with Crippen molar-refractivity contribution >= 4 is 50.9 Å². The number of nitrogens with one attached hydrogen (secondary N) is 1. The van der Waals surface area contributed by atoms with E-state index in [1.54, 1.807) is 23.1 Å². The van der Waals surface area contributed by atoms with Gasteiger partial charge in [0.05, 0.1) is 22.1 Å².